The Labute approximate surface area is 146 Å². The predicted molar refractivity (Wildman–Crippen MR) is 104 cm³/mol. The van der Waals surface area contributed by atoms with Gasteiger partial charge in [-0.25, -0.2) is 0 Å². The molecule has 0 aromatic carbocycles. The van der Waals surface area contributed by atoms with Gasteiger partial charge >= 0.3 is 0 Å². The van der Waals surface area contributed by atoms with Crippen molar-refractivity contribution in [3.05, 3.63) is 12.2 Å². The van der Waals surface area contributed by atoms with Gasteiger partial charge in [-0.05, 0) is 80.0 Å². The van der Waals surface area contributed by atoms with Gasteiger partial charge in [0, 0.05) is 0 Å². The fourth-order valence-electron chi connectivity index (χ4n) is 6.03. The second-order valence-corrected chi connectivity index (χ2v) is 9.34. The normalized spacial score (nSPS) is 39.6. The fraction of sp³-hybridized carbons (Fsp3) is 0.913. The highest BCUT2D eigenvalue weighted by Crippen LogP contribution is 2.55. The van der Waals surface area contributed by atoms with E-state index in [1.54, 1.807) is 5.57 Å². The Kier molecular flexibility index (Phi) is 6.42. The van der Waals surface area contributed by atoms with Gasteiger partial charge in [-0.15, -0.1) is 0 Å². The van der Waals surface area contributed by atoms with E-state index in [0.717, 1.165) is 17.8 Å². The quantitative estimate of drug-likeness (QED) is 0.420. The Morgan fingerprint density at radius 2 is 1.87 bits per heavy atom. The van der Waals surface area contributed by atoms with Crippen LogP contribution in [0.2, 0.25) is 0 Å². The number of rotatable bonds is 7. The molecule has 0 spiro atoms. The molecule has 2 fully saturated rings. The molecule has 0 heteroatoms. The van der Waals surface area contributed by atoms with Crippen molar-refractivity contribution in [3.63, 3.8) is 0 Å². The SMILES string of the molecule is C=C1CCCCC1(C)C(CCC)CCC1(C)C(C)CCC1CC. The average molecular weight is 319 g/mol. The van der Waals surface area contributed by atoms with Crippen LogP contribution in [0.1, 0.15) is 105 Å². The van der Waals surface area contributed by atoms with Crippen molar-refractivity contribution in [1.82, 2.24) is 0 Å². The molecule has 0 aromatic rings. The smallest absolute Gasteiger partial charge is 0.00908 e. The first-order valence-corrected chi connectivity index (χ1v) is 10.6. The van der Waals surface area contributed by atoms with Gasteiger partial charge in [0.05, 0.1) is 0 Å². The van der Waals surface area contributed by atoms with Crippen LogP contribution in [0.25, 0.3) is 0 Å². The molecule has 0 N–H and O–H groups in total. The maximum atomic E-state index is 4.51. The molecule has 0 bridgehead atoms. The fourth-order valence-corrected chi connectivity index (χ4v) is 6.03. The third-order valence-electron chi connectivity index (χ3n) is 8.30. The van der Waals surface area contributed by atoms with Crippen LogP contribution in [0.4, 0.5) is 0 Å². The van der Waals surface area contributed by atoms with Crippen LogP contribution < -0.4 is 0 Å². The molecule has 0 aromatic heterocycles. The van der Waals surface area contributed by atoms with Crippen molar-refractivity contribution in [2.24, 2.45) is 28.6 Å². The monoisotopic (exact) mass is 318 g/mol. The molecule has 0 heterocycles. The average Bonchev–Trinajstić information content (AvgIpc) is 2.82. The molecule has 0 aliphatic heterocycles. The second kappa shape index (κ2) is 7.75. The zero-order chi connectivity index (χ0) is 17.1. The minimum atomic E-state index is 0.425. The van der Waals surface area contributed by atoms with Crippen molar-refractivity contribution in [2.45, 2.75) is 105 Å². The maximum Gasteiger partial charge on any atom is -0.00908 e. The maximum absolute atomic E-state index is 4.51. The highest BCUT2D eigenvalue weighted by atomic mass is 14.5. The summed E-state index contributed by atoms with van der Waals surface area (Å²) in [5.41, 5.74) is 2.58. The summed E-state index contributed by atoms with van der Waals surface area (Å²) < 4.78 is 0. The topological polar surface area (TPSA) is 0 Å². The molecule has 2 rings (SSSR count). The van der Waals surface area contributed by atoms with Crippen molar-refractivity contribution in [1.29, 1.82) is 0 Å². The Morgan fingerprint density at radius 1 is 1.13 bits per heavy atom. The van der Waals surface area contributed by atoms with Gasteiger partial charge in [0.25, 0.3) is 0 Å². The van der Waals surface area contributed by atoms with Crippen LogP contribution in [-0.4, -0.2) is 0 Å². The van der Waals surface area contributed by atoms with Crippen LogP contribution in [0, 0.1) is 28.6 Å². The Hall–Kier alpha value is -0.260. The van der Waals surface area contributed by atoms with Crippen LogP contribution in [0.3, 0.4) is 0 Å². The van der Waals surface area contributed by atoms with E-state index < -0.39 is 0 Å². The number of allylic oxidation sites excluding steroid dienone is 1. The molecule has 2 aliphatic rings. The first-order chi connectivity index (χ1) is 10.9. The van der Waals surface area contributed by atoms with E-state index in [1.807, 2.05) is 0 Å². The summed E-state index contributed by atoms with van der Waals surface area (Å²) in [7, 11) is 0. The lowest BCUT2D eigenvalue weighted by molar-refractivity contribution is 0.0988. The van der Waals surface area contributed by atoms with Gasteiger partial charge < -0.3 is 0 Å². The summed E-state index contributed by atoms with van der Waals surface area (Å²) in [5, 5.41) is 0. The van der Waals surface area contributed by atoms with Gasteiger partial charge in [-0.3, -0.25) is 0 Å². The van der Waals surface area contributed by atoms with Crippen molar-refractivity contribution in [3.8, 4) is 0 Å². The van der Waals surface area contributed by atoms with Crippen LogP contribution in [0.5, 0.6) is 0 Å². The molecule has 0 amide bonds. The van der Waals surface area contributed by atoms with E-state index in [1.165, 1.54) is 70.6 Å². The summed E-state index contributed by atoms with van der Waals surface area (Å²) in [5.74, 6) is 2.74. The lowest BCUT2D eigenvalue weighted by Crippen LogP contribution is -2.34. The largest absolute Gasteiger partial charge is 0.0993 e. The zero-order valence-electron chi connectivity index (χ0n) is 16.7. The first kappa shape index (κ1) is 19.1. The van der Waals surface area contributed by atoms with Gasteiger partial charge in [-0.2, -0.15) is 0 Å². The van der Waals surface area contributed by atoms with E-state index in [4.69, 9.17) is 0 Å². The summed E-state index contributed by atoms with van der Waals surface area (Å²) in [6.45, 7) is 17.0. The van der Waals surface area contributed by atoms with Crippen LogP contribution >= 0.6 is 0 Å². The van der Waals surface area contributed by atoms with Crippen LogP contribution in [0.15, 0.2) is 12.2 Å². The van der Waals surface area contributed by atoms with Crippen molar-refractivity contribution >= 4 is 0 Å². The molecular weight excluding hydrogens is 276 g/mol. The zero-order valence-corrected chi connectivity index (χ0v) is 16.7. The van der Waals surface area contributed by atoms with Crippen molar-refractivity contribution in [2.75, 3.05) is 0 Å². The second-order valence-electron chi connectivity index (χ2n) is 9.34. The predicted octanol–water partition coefficient (Wildman–Crippen LogP) is 7.78. The van der Waals surface area contributed by atoms with Gasteiger partial charge in [0.1, 0.15) is 0 Å². The van der Waals surface area contributed by atoms with E-state index in [-0.39, 0.29) is 0 Å². The molecule has 2 saturated carbocycles. The molecule has 0 saturated heterocycles. The third-order valence-corrected chi connectivity index (χ3v) is 8.30. The van der Waals surface area contributed by atoms with Gasteiger partial charge in [0.2, 0.25) is 0 Å². The molecule has 5 atom stereocenters. The minimum Gasteiger partial charge on any atom is -0.0993 e. The van der Waals surface area contributed by atoms with Gasteiger partial charge in [-0.1, -0.05) is 66.0 Å². The summed E-state index contributed by atoms with van der Waals surface area (Å²) in [6, 6.07) is 0. The molecule has 0 nitrogen and oxygen atoms in total. The summed E-state index contributed by atoms with van der Waals surface area (Å²) in [6.07, 6.45) is 15.4. The van der Waals surface area contributed by atoms with E-state index in [2.05, 4.69) is 41.2 Å². The van der Waals surface area contributed by atoms with Gasteiger partial charge in [0.15, 0.2) is 0 Å². The van der Waals surface area contributed by atoms with Crippen molar-refractivity contribution < 1.29 is 0 Å². The molecule has 134 valence electrons. The summed E-state index contributed by atoms with van der Waals surface area (Å²) >= 11 is 0. The van der Waals surface area contributed by atoms with Crippen LogP contribution in [-0.2, 0) is 0 Å². The molecule has 23 heavy (non-hydrogen) atoms. The van der Waals surface area contributed by atoms with E-state index in [9.17, 15) is 0 Å². The molecular formula is C23H42. The lowest BCUT2D eigenvalue weighted by Gasteiger charge is -2.45. The first-order valence-electron chi connectivity index (χ1n) is 10.6. The Bertz CT molecular complexity index is 395. The molecule has 5 unspecified atom stereocenters. The lowest BCUT2D eigenvalue weighted by atomic mass is 9.60. The highest BCUT2D eigenvalue weighted by molar-refractivity contribution is 5.13. The Balaban J connectivity index is 2.09. The molecule has 2 aliphatic carbocycles. The summed E-state index contributed by atoms with van der Waals surface area (Å²) in [4.78, 5) is 0. The third kappa shape index (κ3) is 3.72. The standard InChI is InChI=1S/C23H42/c1-7-11-21(22(5)16-10-9-12-18(22)3)15-17-23(6)19(4)13-14-20(23)8-2/h19-21H,3,7-17H2,1-2,4-6H3. The van der Waals surface area contributed by atoms with E-state index in [0.29, 0.717) is 10.8 Å². The highest BCUT2D eigenvalue weighted by Gasteiger charge is 2.44. The Morgan fingerprint density at radius 3 is 2.48 bits per heavy atom. The van der Waals surface area contributed by atoms with E-state index >= 15 is 0 Å². The number of hydrogen-bond acceptors (Lipinski definition) is 0. The minimum absolute atomic E-state index is 0.425. The molecule has 0 radical (unpaired) electrons. The number of hydrogen-bond donors (Lipinski definition) is 0.